The van der Waals surface area contributed by atoms with Crippen LogP contribution in [0.5, 0.6) is 0 Å². The quantitative estimate of drug-likeness (QED) is 0.142. The van der Waals surface area contributed by atoms with E-state index >= 15 is 0 Å². The SMILES string of the molecule is c1ccc(-c2ccc(-c3cc4ccccc4cc3N(c3ccccc3)c3ccc4c(c3)C3(c5ccccc5-c5ccc(N(c6ccc(C7CCCCC7)cc6)c6ccc7ccccc7c6)cc53)c3ccccc3-4)cc2)cc1. The Morgan fingerprint density at radius 3 is 1.38 bits per heavy atom. The van der Waals surface area contributed by atoms with Crippen LogP contribution in [0.15, 0.2) is 273 Å². The van der Waals surface area contributed by atoms with Crippen molar-refractivity contribution in [2.45, 2.75) is 43.4 Å². The number of nitrogens with zero attached hydrogens (tertiary/aromatic N) is 2. The summed E-state index contributed by atoms with van der Waals surface area (Å²) in [6, 6.07) is 103. The highest BCUT2D eigenvalue weighted by molar-refractivity contribution is 6.01. The normalized spacial score (nSPS) is 15.3. The molecule has 0 aliphatic heterocycles. The number of hydrogen-bond donors (Lipinski definition) is 0. The van der Waals surface area contributed by atoms with E-state index in [4.69, 9.17) is 0 Å². The first-order valence-electron chi connectivity index (χ1n) is 27.6. The molecule has 0 aromatic heterocycles. The predicted octanol–water partition coefficient (Wildman–Crippen LogP) is 20.7. The molecule has 0 heterocycles. The highest BCUT2D eigenvalue weighted by Crippen LogP contribution is 2.64. The van der Waals surface area contributed by atoms with Crippen LogP contribution in [-0.2, 0) is 5.41 Å². The van der Waals surface area contributed by atoms with Gasteiger partial charge in [-0.3, -0.25) is 0 Å². The fourth-order valence-corrected chi connectivity index (χ4v) is 13.6. The van der Waals surface area contributed by atoms with Gasteiger partial charge in [0.15, 0.2) is 0 Å². The van der Waals surface area contributed by atoms with Crippen molar-refractivity contribution in [2.24, 2.45) is 0 Å². The van der Waals surface area contributed by atoms with E-state index in [0.717, 1.165) is 28.4 Å². The molecule has 1 saturated carbocycles. The zero-order valence-electron chi connectivity index (χ0n) is 43.0. The molecule has 3 aliphatic carbocycles. The van der Waals surface area contributed by atoms with E-state index in [9.17, 15) is 0 Å². The number of fused-ring (bicyclic) bond motifs is 12. The van der Waals surface area contributed by atoms with E-state index in [-0.39, 0.29) is 0 Å². The largest absolute Gasteiger partial charge is 0.310 e. The van der Waals surface area contributed by atoms with Crippen LogP contribution in [0.2, 0.25) is 0 Å². The third kappa shape index (κ3) is 7.46. The Kier molecular flexibility index (Phi) is 10.9. The van der Waals surface area contributed by atoms with E-state index in [1.165, 1.54) is 132 Å². The van der Waals surface area contributed by atoms with E-state index in [0.29, 0.717) is 5.92 Å². The zero-order valence-corrected chi connectivity index (χ0v) is 43.0. The lowest BCUT2D eigenvalue weighted by Crippen LogP contribution is -2.26. The van der Waals surface area contributed by atoms with Gasteiger partial charge in [-0.1, -0.05) is 219 Å². The van der Waals surface area contributed by atoms with E-state index in [1.54, 1.807) is 0 Å². The molecule has 366 valence electrons. The second-order valence-electron chi connectivity index (χ2n) is 21.4. The van der Waals surface area contributed by atoms with Crippen molar-refractivity contribution in [3.8, 4) is 44.5 Å². The van der Waals surface area contributed by atoms with E-state index in [2.05, 4.69) is 283 Å². The van der Waals surface area contributed by atoms with Crippen LogP contribution in [0.25, 0.3) is 66.1 Å². The number of anilines is 6. The van der Waals surface area contributed by atoms with Crippen LogP contribution < -0.4 is 9.80 Å². The van der Waals surface area contributed by atoms with Gasteiger partial charge in [0, 0.05) is 34.0 Å². The lowest BCUT2D eigenvalue weighted by molar-refractivity contribution is 0.443. The molecule has 3 aliphatic rings. The standard InChI is InChI=1S/C75H56N2/c1-4-18-51(19-5-1)54-32-34-56(35-33-54)69-47-58-24-12-13-25-59(58)48-74(69)77(60-26-8-3-9-27-60)64-43-45-68-66-29-15-17-31-71(66)75(73(68)50-64)70-30-16-14-28-65(70)67-44-42-63(49-72(67)75)76(62-41-38-53-22-10-11-23-57(53)46-62)61-39-36-55(37-40-61)52-20-6-2-7-21-52/h1,3-5,8-19,22-50,52H,2,6-7,20-21H2. The molecule has 2 nitrogen and oxygen atoms in total. The van der Waals surface area contributed by atoms with E-state index in [1.807, 2.05) is 0 Å². The Morgan fingerprint density at radius 2 is 0.727 bits per heavy atom. The van der Waals surface area contributed by atoms with Crippen molar-refractivity contribution in [3.63, 3.8) is 0 Å². The summed E-state index contributed by atoms with van der Waals surface area (Å²) in [5.74, 6) is 0.634. The first-order valence-corrected chi connectivity index (χ1v) is 27.6. The zero-order chi connectivity index (χ0) is 50.9. The second kappa shape index (κ2) is 18.5. The van der Waals surface area contributed by atoms with Crippen molar-refractivity contribution in [1.29, 1.82) is 0 Å². The summed E-state index contributed by atoms with van der Waals surface area (Å²) in [4.78, 5) is 5.00. The van der Waals surface area contributed by atoms with Crippen molar-refractivity contribution in [3.05, 3.63) is 301 Å². The highest BCUT2D eigenvalue weighted by atomic mass is 15.1. The van der Waals surface area contributed by atoms with Gasteiger partial charge >= 0.3 is 0 Å². The number of benzene rings is 12. The van der Waals surface area contributed by atoms with Gasteiger partial charge in [0.2, 0.25) is 0 Å². The van der Waals surface area contributed by atoms with Crippen molar-refractivity contribution in [2.75, 3.05) is 9.80 Å². The second-order valence-corrected chi connectivity index (χ2v) is 21.4. The van der Waals surface area contributed by atoms with Crippen molar-refractivity contribution < 1.29 is 0 Å². The maximum absolute atomic E-state index is 2.54. The lowest BCUT2D eigenvalue weighted by atomic mass is 9.70. The highest BCUT2D eigenvalue weighted by Gasteiger charge is 2.52. The average Bonchev–Trinajstić information content (AvgIpc) is 3.78. The van der Waals surface area contributed by atoms with Crippen molar-refractivity contribution >= 4 is 55.7 Å². The number of hydrogen-bond acceptors (Lipinski definition) is 2. The molecule has 12 aromatic carbocycles. The van der Waals surface area contributed by atoms with Crippen molar-refractivity contribution in [1.82, 2.24) is 0 Å². The minimum atomic E-state index is -0.606. The molecule has 1 spiro atoms. The molecular formula is C75H56N2. The molecule has 1 fully saturated rings. The van der Waals surface area contributed by atoms with Crippen LogP contribution in [0.3, 0.4) is 0 Å². The summed E-state index contributed by atoms with van der Waals surface area (Å²) in [5, 5.41) is 4.88. The summed E-state index contributed by atoms with van der Waals surface area (Å²) >= 11 is 0. The Morgan fingerprint density at radius 1 is 0.273 bits per heavy atom. The molecule has 12 aromatic rings. The molecule has 77 heavy (non-hydrogen) atoms. The van der Waals surface area contributed by atoms with Crippen LogP contribution >= 0.6 is 0 Å². The maximum Gasteiger partial charge on any atom is 0.0727 e. The van der Waals surface area contributed by atoms with Crippen LogP contribution in [-0.4, -0.2) is 0 Å². The molecule has 0 amide bonds. The van der Waals surface area contributed by atoms with Gasteiger partial charge in [0.25, 0.3) is 0 Å². The third-order valence-electron chi connectivity index (χ3n) is 17.2. The number of para-hydroxylation sites is 1. The van der Waals surface area contributed by atoms with Crippen LogP contribution in [0.4, 0.5) is 34.1 Å². The van der Waals surface area contributed by atoms with Crippen LogP contribution in [0, 0.1) is 0 Å². The number of rotatable bonds is 9. The lowest BCUT2D eigenvalue weighted by Gasteiger charge is -2.34. The first kappa shape index (κ1) is 45.2. The maximum atomic E-state index is 2.54. The van der Waals surface area contributed by atoms with Crippen LogP contribution in [0.1, 0.15) is 65.8 Å². The fourth-order valence-electron chi connectivity index (χ4n) is 13.6. The fraction of sp³-hybridized carbons (Fsp3) is 0.0933. The molecule has 0 saturated heterocycles. The Bertz CT molecular complexity index is 4180. The van der Waals surface area contributed by atoms with Gasteiger partial charge in [-0.05, 0) is 180 Å². The summed E-state index contributed by atoms with van der Waals surface area (Å²) in [6.45, 7) is 0. The van der Waals surface area contributed by atoms with Gasteiger partial charge in [-0.25, -0.2) is 0 Å². The van der Waals surface area contributed by atoms with E-state index < -0.39 is 5.41 Å². The van der Waals surface area contributed by atoms with Gasteiger partial charge in [0.05, 0.1) is 11.1 Å². The summed E-state index contributed by atoms with van der Waals surface area (Å²) in [5.41, 5.74) is 22.8. The van der Waals surface area contributed by atoms with Gasteiger partial charge in [-0.15, -0.1) is 0 Å². The minimum absolute atomic E-state index is 0.606. The van der Waals surface area contributed by atoms with Gasteiger partial charge in [-0.2, -0.15) is 0 Å². The Balaban J connectivity index is 0.942. The summed E-state index contributed by atoms with van der Waals surface area (Å²) in [6.07, 6.45) is 6.55. The molecule has 1 unspecified atom stereocenters. The first-order chi connectivity index (χ1) is 38.2. The van der Waals surface area contributed by atoms with Gasteiger partial charge < -0.3 is 9.80 Å². The molecule has 0 N–H and O–H groups in total. The smallest absolute Gasteiger partial charge is 0.0727 e. The van der Waals surface area contributed by atoms with Gasteiger partial charge in [0.1, 0.15) is 0 Å². The molecule has 2 heteroatoms. The molecule has 0 radical (unpaired) electrons. The predicted molar refractivity (Wildman–Crippen MR) is 324 cm³/mol. The average molecular weight is 985 g/mol. The molecule has 1 atom stereocenters. The molecule has 0 bridgehead atoms. The Hall–Kier alpha value is -9.24. The Labute approximate surface area is 451 Å². The molecule has 15 rings (SSSR count). The molecular weight excluding hydrogens is 929 g/mol. The summed E-state index contributed by atoms with van der Waals surface area (Å²) in [7, 11) is 0. The summed E-state index contributed by atoms with van der Waals surface area (Å²) < 4.78 is 0. The monoisotopic (exact) mass is 984 g/mol. The minimum Gasteiger partial charge on any atom is -0.310 e. The topological polar surface area (TPSA) is 6.48 Å². The third-order valence-corrected chi connectivity index (χ3v) is 17.2.